The van der Waals surface area contributed by atoms with Crippen molar-refractivity contribution < 1.29 is 4.74 Å². The molecule has 1 saturated heterocycles. The Morgan fingerprint density at radius 2 is 1.97 bits per heavy atom. The third-order valence-corrected chi connectivity index (χ3v) is 7.07. The Balaban J connectivity index is 1.42. The second-order valence-electron chi connectivity index (χ2n) is 8.17. The van der Waals surface area contributed by atoms with Crippen LogP contribution in [0.5, 0.6) is 5.75 Å². The summed E-state index contributed by atoms with van der Waals surface area (Å²) in [6, 6.07) is 17.0. The summed E-state index contributed by atoms with van der Waals surface area (Å²) < 4.78 is 7.43. The number of ether oxygens (including phenoxy) is 1. The second-order valence-corrected chi connectivity index (χ2v) is 9.54. The molecule has 0 aliphatic carbocycles. The number of piperazine rings is 1. The first-order valence-corrected chi connectivity index (χ1v) is 11.4. The van der Waals surface area contributed by atoms with Crippen molar-refractivity contribution in [3.05, 3.63) is 70.2 Å². The molecule has 0 bridgehead atoms. The molecule has 160 valence electrons. The largest absolute Gasteiger partial charge is 0.496 e. The maximum Gasteiger partial charge on any atom is 0.126 e. The second kappa shape index (κ2) is 8.42. The van der Waals surface area contributed by atoms with Gasteiger partial charge in [-0.1, -0.05) is 29.5 Å². The van der Waals surface area contributed by atoms with Gasteiger partial charge in [-0.2, -0.15) is 0 Å². The van der Waals surface area contributed by atoms with Crippen molar-refractivity contribution in [1.29, 1.82) is 0 Å². The normalized spacial score (nSPS) is 18.0. The van der Waals surface area contributed by atoms with Gasteiger partial charge in [-0.05, 0) is 38.2 Å². The van der Waals surface area contributed by atoms with Crippen molar-refractivity contribution in [2.75, 3.05) is 33.8 Å². The summed E-state index contributed by atoms with van der Waals surface area (Å²) >= 11 is 1.89. The zero-order valence-electron chi connectivity index (χ0n) is 18.2. The Morgan fingerprint density at radius 3 is 2.77 bits per heavy atom. The Morgan fingerprint density at radius 1 is 1.10 bits per heavy atom. The van der Waals surface area contributed by atoms with Crippen LogP contribution in [0.2, 0.25) is 0 Å². The van der Waals surface area contributed by atoms with Crippen molar-refractivity contribution in [3.8, 4) is 16.9 Å². The Kier molecular flexibility index (Phi) is 5.48. The van der Waals surface area contributed by atoms with Crippen molar-refractivity contribution in [3.63, 3.8) is 0 Å². The Labute approximate surface area is 186 Å². The van der Waals surface area contributed by atoms with Crippen LogP contribution in [0, 0.1) is 6.92 Å². The lowest BCUT2D eigenvalue weighted by molar-refractivity contribution is 0.0896. The number of aromatic nitrogens is 3. The number of rotatable bonds is 5. The van der Waals surface area contributed by atoms with E-state index >= 15 is 0 Å². The summed E-state index contributed by atoms with van der Waals surface area (Å²) in [5.74, 6) is 0.855. The third kappa shape index (κ3) is 3.96. The summed E-state index contributed by atoms with van der Waals surface area (Å²) in [4.78, 5) is 7.73. The van der Waals surface area contributed by atoms with Gasteiger partial charge in [0, 0.05) is 53.3 Å². The van der Waals surface area contributed by atoms with Gasteiger partial charge in [0.05, 0.1) is 18.7 Å². The van der Waals surface area contributed by atoms with Gasteiger partial charge in [-0.15, -0.1) is 16.4 Å². The van der Waals surface area contributed by atoms with E-state index < -0.39 is 0 Å². The lowest BCUT2D eigenvalue weighted by Crippen LogP contribution is -2.46. The van der Waals surface area contributed by atoms with Crippen LogP contribution in [-0.4, -0.2) is 58.4 Å². The summed E-state index contributed by atoms with van der Waals surface area (Å²) in [5.41, 5.74) is 4.22. The van der Waals surface area contributed by atoms with Gasteiger partial charge in [-0.3, -0.25) is 9.80 Å². The van der Waals surface area contributed by atoms with E-state index in [9.17, 15) is 0 Å². The predicted molar refractivity (Wildman–Crippen MR) is 125 cm³/mol. The minimum atomic E-state index is 0.226. The number of thiophene rings is 1. The van der Waals surface area contributed by atoms with Crippen molar-refractivity contribution in [1.82, 2.24) is 24.6 Å². The average Bonchev–Trinajstić information content (AvgIpc) is 3.40. The highest BCUT2D eigenvalue weighted by molar-refractivity contribution is 7.11. The van der Waals surface area contributed by atoms with Crippen molar-refractivity contribution in [2.45, 2.75) is 19.5 Å². The fraction of sp³-hybridized carbons (Fsp3) is 0.333. The highest BCUT2D eigenvalue weighted by atomic mass is 32.1. The molecule has 4 heterocycles. The number of likely N-dealkylation sites (N-methyl/N-ethyl adjacent to an activating group) is 1. The van der Waals surface area contributed by atoms with Crippen LogP contribution in [0.4, 0.5) is 0 Å². The molecule has 1 atom stereocenters. The lowest BCUT2D eigenvalue weighted by atomic mass is 10.0. The fourth-order valence-corrected chi connectivity index (χ4v) is 5.29. The number of para-hydroxylation sites is 1. The number of hydrogen-bond acceptors (Lipinski definition) is 6. The van der Waals surface area contributed by atoms with Crippen LogP contribution in [0.15, 0.2) is 54.7 Å². The number of aryl methyl sites for hydroxylation is 1. The van der Waals surface area contributed by atoms with E-state index in [-0.39, 0.29) is 6.04 Å². The smallest absolute Gasteiger partial charge is 0.126 e. The highest BCUT2D eigenvalue weighted by Crippen LogP contribution is 2.32. The molecule has 1 aliphatic heterocycles. The molecule has 1 fully saturated rings. The molecule has 1 aliphatic rings. The molecular formula is C24H27N5OS. The molecule has 0 amide bonds. The minimum absolute atomic E-state index is 0.226. The topological polar surface area (TPSA) is 45.9 Å². The molecule has 0 saturated carbocycles. The van der Waals surface area contributed by atoms with Gasteiger partial charge in [-0.25, -0.2) is 4.52 Å². The van der Waals surface area contributed by atoms with E-state index in [1.54, 1.807) is 7.11 Å². The molecule has 0 unspecified atom stereocenters. The molecular weight excluding hydrogens is 406 g/mol. The van der Waals surface area contributed by atoms with Crippen LogP contribution in [-0.2, 0) is 6.54 Å². The van der Waals surface area contributed by atoms with Crippen LogP contribution in [0.25, 0.3) is 16.6 Å². The van der Waals surface area contributed by atoms with E-state index in [0.29, 0.717) is 0 Å². The zero-order chi connectivity index (χ0) is 21.4. The molecule has 1 aromatic carbocycles. The lowest BCUT2D eigenvalue weighted by Gasteiger charge is -2.38. The van der Waals surface area contributed by atoms with Gasteiger partial charge in [0.2, 0.25) is 0 Å². The van der Waals surface area contributed by atoms with E-state index in [1.165, 1.54) is 9.75 Å². The maximum absolute atomic E-state index is 5.53. The van der Waals surface area contributed by atoms with Crippen molar-refractivity contribution >= 4 is 16.9 Å². The number of hydrogen-bond donors (Lipinski definition) is 0. The Bertz CT molecular complexity index is 1200. The van der Waals surface area contributed by atoms with Crippen LogP contribution in [0.3, 0.4) is 0 Å². The van der Waals surface area contributed by atoms with Crippen LogP contribution >= 0.6 is 11.3 Å². The molecule has 0 N–H and O–H groups in total. The molecule has 6 nitrogen and oxygen atoms in total. The van der Waals surface area contributed by atoms with Crippen LogP contribution in [0.1, 0.15) is 21.5 Å². The molecule has 3 aromatic heterocycles. The van der Waals surface area contributed by atoms with Crippen LogP contribution < -0.4 is 4.74 Å². The van der Waals surface area contributed by atoms with E-state index in [4.69, 9.17) is 4.74 Å². The summed E-state index contributed by atoms with van der Waals surface area (Å²) in [6.07, 6.45) is 2.04. The van der Waals surface area contributed by atoms with Gasteiger partial charge < -0.3 is 4.74 Å². The number of fused-ring (bicyclic) bond motifs is 1. The standard InChI is InChI=1S/C24H27N5OS/c1-17-8-10-19(31-17)15-28-13-12-27(2)22(16-28)24-21-11-9-18(14-29(21)26-25-24)20-6-4-5-7-23(20)30-3/h4-11,14,22H,12-13,15-16H2,1-3H3/t22-/m1/s1. The monoisotopic (exact) mass is 433 g/mol. The maximum atomic E-state index is 5.53. The minimum Gasteiger partial charge on any atom is -0.496 e. The first-order valence-electron chi connectivity index (χ1n) is 10.6. The molecule has 31 heavy (non-hydrogen) atoms. The fourth-order valence-electron chi connectivity index (χ4n) is 4.35. The first-order chi connectivity index (χ1) is 15.1. The molecule has 4 aromatic rings. The zero-order valence-corrected chi connectivity index (χ0v) is 19.0. The van der Waals surface area contributed by atoms with Crippen molar-refractivity contribution in [2.24, 2.45) is 0 Å². The third-order valence-electron chi connectivity index (χ3n) is 6.08. The molecule has 7 heteroatoms. The summed E-state index contributed by atoms with van der Waals surface area (Å²) in [6.45, 7) is 6.22. The SMILES string of the molecule is COc1ccccc1-c1ccc2c([C@H]3CN(Cc4ccc(C)s4)CCN3C)nnn2c1. The van der Waals surface area contributed by atoms with Gasteiger partial charge >= 0.3 is 0 Å². The Hall–Kier alpha value is -2.74. The van der Waals surface area contributed by atoms with E-state index in [0.717, 1.165) is 54.3 Å². The number of nitrogens with zero attached hydrogens (tertiary/aromatic N) is 5. The summed E-state index contributed by atoms with van der Waals surface area (Å²) in [5, 5.41) is 9.07. The van der Waals surface area contributed by atoms with E-state index in [1.807, 2.05) is 40.2 Å². The number of methoxy groups -OCH3 is 1. The average molecular weight is 434 g/mol. The van der Waals surface area contributed by atoms with Gasteiger partial charge in [0.15, 0.2) is 0 Å². The number of pyridine rings is 1. The molecule has 0 spiro atoms. The summed E-state index contributed by atoms with van der Waals surface area (Å²) in [7, 11) is 3.89. The van der Waals surface area contributed by atoms with Gasteiger partial charge in [0.1, 0.15) is 11.4 Å². The van der Waals surface area contributed by atoms with Gasteiger partial charge in [0.25, 0.3) is 0 Å². The molecule has 0 radical (unpaired) electrons. The molecule has 5 rings (SSSR count). The predicted octanol–water partition coefficient (Wildman–Crippen LogP) is 4.26. The first kappa shape index (κ1) is 20.2. The quantitative estimate of drug-likeness (QED) is 0.471. The van der Waals surface area contributed by atoms with E-state index in [2.05, 4.69) is 64.4 Å². The highest BCUT2D eigenvalue weighted by Gasteiger charge is 2.29. The number of benzene rings is 1.